The van der Waals surface area contributed by atoms with E-state index in [9.17, 15) is 4.79 Å². The van der Waals surface area contributed by atoms with Crippen LogP contribution in [0.5, 0.6) is 0 Å². The smallest absolute Gasteiger partial charge is 0.243 e. The number of fused-ring (bicyclic) bond motifs is 1. The molecule has 0 spiro atoms. The minimum Gasteiger partial charge on any atom is -0.377 e. The summed E-state index contributed by atoms with van der Waals surface area (Å²) in [6.07, 6.45) is 7.16. The molecule has 1 saturated heterocycles. The molecule has 0 bridgehead atoms. The van der Waals surface area contributed by atoms with E-state index in [1.54, 1.807) is 0 Å². The Labute approximate surface area is 128 Å². The second-order valence-electron chi connectivity index (χ2n) is 7.66. The third-order valence-electron chi connectivity index (χ3n) is 6.42. The molecule has 1 amide bonds. The molecule has 0 aromatic rings. The third kappa shape index (κ3) is 1.98. The highest BCUT2D eigenvalue weighted by Crippen LogP contribution is 2.58. The number of nitrogens with zero attached hydrogens (tertiary/aromatic N) is 1. The van der Waals surface area contributed by atoms with Crippen LogP contribution < -0.4 is 5.73 Å². The molecule has 2 saturated carbocycles. The molecular weight excluding hydrogens is 264 g/mol. The largest absolute Gasteiger partial charge is 0.377 e. The van der Waals surface area contributed by atoms with Crippen molar-refractivity contribution >= 4 is 5.91 Å². The topological polar surface area (TPSA) is 55.6 Å². The molecule has 2 N–H and O–H groups in total. The predicted octanol–water partition coefficient (Wildman–Crippen LogP) is 2.31. The molecule has 1 heterocycles. The quantitative estimate of drug-likeness (QED) is 0.869. The van der Waals surface area contributed by atoms with Crippen LogP contribution in [-0.4, -0.2) is 41.6 Å². The lowest BCUT2D eigenvalue weighted by atomic mass is 9.47. The van der Waals surface area contributed by atoms with E-state index in [1.807, 2.05) is 0 Å². The molecule has 21 heavy (non-hydrogen) atoms. The van der Waals surface area contributed by atoms with Gasteiger partial charge in [0.15, 0.2) is 0 Å². The number of ether oxygens (including phenoxy) is 1. The molecule has 4 heteroatoms. The predicted molar refractivity (Wildman–Crippen MR) is 82.8 cm³/mol. The first-order chi connectivity index (χ1) is 9.94. The number of rotatable bonds is 3. The van der Waals surface area contributed by atoms with Gasteiger partial charge in [-0.05, 0) is 26.2 Å². The average Bonchev–Trinajstić information content (AvgIpc) is 2.96. The van der Waals surface area contributed by atoms with Crippen LogP contribution >= 0.6 is 0 Å². The molecule has 0 radical (unpaired) electrons. The molecule has 0 aromatic carbocycles. The maximum atomic E-state index is 13.3. The van der Waals surface area contributed by atoms with Gasteiger partial charge in [0.05, 0.1) is 6.10 Å². The number of carbonyl (C=O) groups is 1. The zero-order chi connectivity index (χ0) is 15.3. The first kappa shape index (κ1) is 15.3. The minimum absolute atomic E-state index is 0.163. The summed E-state index contributed by atoms with van der Waals surface area (Å²) >= 11 is 0. The van der Waals surface area contributed by atoms with Crippen molar-refractivity contribution in [3.63, 3.8) is 0 Å². The number of nitrogens with two attached hydrogens (primary N) is 1. The molecule has 4 nitrogen and oxygen atoms in total. The van der Waals surface area contributed by atoms with E-state index in [4.69, 9.17) is 10.5 Å². The number of amides is 1. The van der Waals surface area contributed by atoms with E-state index >= 15 is 0 Å². The number of likely N-dealkylation sites (N-methyl/N-ethyl adjacent to an activating group) is 1. The Balaban J connectivity index is 1.82. The zero-order valence-electron chi connectivity index (χ0n) is 13.7. The summed E-state index contributed by atoms with van der Waals surface area (Å²) in [6.45, 7) is 7.82. The average molecular weight is 294 g/mol. The molecule has 2 aliphatic carbocycles. The van der Waals surface area contributed by atoms with Crippen molar-refractivity contribution in [3.8, 4) is 0 Å². The third-order valence-corrected chi connectivity index (χ3v) is 6.42. The first-order valence-corrected chi connectivity index (χ1v) is 8.66. The fourth-order valence-corrected chi connectivity index (χ4v) is 5.02. The Hall–Kier alpha value is -0.610. The van der Waals surface area contributed by atoms with Crippen molar-refractivity contribution in [1.82, 2.24) is 4.90 Å². The Morgan fingerprint density at radius 1 is 1.24 bits per heavy atom. The molecule has 120 valence electrons. The van der Waals surface area contributed by atoms with Gasteiger partial charge in [-0.2, -0.15) is 0 Å². The summed E-state index contributed by atoms with van der Waals surface area (Å²) in [7, 11) is 0. The van der Waals surface area contributed by atoms with E-state index in [0.29, 0.717) is 6.04 Å². The van der Waals surface area contributed by atoms with E-state index in [-0.39, 0.29) is 23.3 Å². The van der Waals surface area contributed by atoms with E-state index in [1.165, 1.54) is 19.3 Å². The Bertz CT molecular complexity index is 417. The second kappa shape index (κ2) is 5.24. The summed E-state index contributed by atoms with van der Waals surface area (Å²) < 4.78 is 5.82. The van der Waals surface area contributed by atoms with Crippen LogP contribution in [0.25, 0.3) is 0 Å². The first-order valence-electron chi connectivity index (χ1n) is 8.66. The fraction of sp³-hybridized carbons (Fsp3) is 0.941. The number of carbonyl (C=O) groups excluding carboxylic acids is 1. The van der Waals surface area contributed by atoms with Crippen molar-refractivity contribution < 1.29 is 9.53 Å². The van der Waals surface area contributed by atoms with Gasteiger partial charge in [-0.25, -0.2) is 0 Å². The summed E-state index contributed by atoms with van der Waals surface area (Å²) in [5.74, 6) is 0.381. The van der Waals surface area contributed by atoms with Gasteiger partial charge in [-0.15, -0.1) is 0 Å². The second-order valence-corrected chi connectivity index (χ2v) is 7.66. The van der Waals surface area contributed by atoms with E-state index in [0.717, 1.165) is 32.4 Å². The van der Waals surface area contributed by atoms with Crippen molar-refractivity contribution in [2.75, 3.05) is 13.2 Å². The Morgan fingerprint density at radius 3 is 2.52 bits per heavy atom. The van der Waals surface area contributed by atoms with Gasteiger partial charge in [0.1, 0.15) is 5.54 Å². The van der Waals surface area contributed by atoms with Gasteiger partial charge >= 0.3 is 0 Å². The molecule has 3 fully saturated rings. The SMILES string of the molecule is CCN(C(=O)C1(N)C2CCOC2C1(C)C)C1CCCCC1. The summed E-state index contributed by atoms with van der Waals surface area (Å²) in [6, 6.07) is 0.397. The van der Waals surface area contributed by atoms with Crippen molar-refractivity contribution in [1.29, 1.82) is 0 Å². The Morgan fingerprint density at radius 2 is 1.90 bits per heavy atom. The van der Waals surface area contributed by atoms with Crippen LogP contribution in [0.1, 0.15) is 59.3 Å². The zero-order valence-corrected chi connectivity index (χ0v) is 13.7. The van der Waals surface area contributed by atoms with Crippen molar-refractivity contribution in [2.45, 2.75) is 77.0 Å². The molecule has 1 aliphatic heterocycles. The minimum atomic E-state index is -0.735. The maximum Gasteiger partial charge on any atom is 0.243 e. The standard InChI is InChI=1S/C17H30N2O2/c1-4-19(12-8-6-5-7-9-12)15(20)17(18)13-10-11-21-14(13)16(17,2)3/h12-14H,4-11,18H2,1-3H3. The normalized spacial score (nSPS) is 38.7. The lowest BCUT2D eigenvalue weighted by Crippen LogP contribution is -2.80. The number of hydrogen-bond acceptors (Lipinski definition) is 3. The van der Waals surface area contributed by atoms with Crippen LogP contribution in [0, 0.1) is 11.3 Å². The van der Waals surface area contributed by atoms with Crippen molar-refractivity contribution in [3.05, 3.63) is 0 Å². The van der Waals surface area contributed by atoms with Gasteiger partial charge in [0.25, 0.3) is 0 Å². The highest BCUT2D eigenvalue weighted by Gasteiger charge is 2.72. The van der Waals surface area contributed by atoms with Gasteiger partial charge in [-0.3, -0.25) is 4.79 Å². The van der Waals surface area contributed by atoms with Crippen LogP contribution in [0.4, 0.5) is 0 Å². The van der Waals surface area contributed by atoms with E-state index in [2.05, 4.69) is 25.7 Å². The van der Waals surface area contributed by atoms with Crippen LogP contribution in [0.15, 0.2) is 0 Å². The monoisotopic (exact) mass is 294 g/mol. The van der Waals surface area contributed by atoms with Gasteiger partial charge in [-0.1, -0.05) is 33.1 Å². The highest BCUT2D eigenvalue weighted by molar-refractivity contribution is 5.90. The Kier molecular flexibility index (Phi) is 3.81. The summed E-state index contributed by atoms with van der Waals surface area (Å²) in [5.41, 5.74) is 5.73. The summed E-state index contributed by atoms with van der Waals surface area (Å²) in [4.78, 5) is 15.4. The molecule has 3 unspecified atom stereocenters. The summed E-state index contributed by atoms with van der Waals surface area (Å²) in [5, 5.41) is 0. The molecule has 3 rings (SSSR count). The molecule has 0 aromatic heterocycles. The van der Waals surface area contributed by atoms with E-state index < -0.39 is 5.54 Å². The van der Waals surface area contributed by atoms with Gasteiger partial charge in [0.2, 0.25) is 5.91 Å². The molecule has 3 aliphatic rings. The van der Waals surface area contributed by atoms with Crippen LogP contribution in [0.3, 0.4) is 0 Å². The van der Waals surface area contributed by atoms with Gasteiger partial charge < -0.3 is 15.4 Å². The fourth-order valence-electron chi connectivity index (χ4n) is 5.02. The lowest BCUT2D eigenvalue weighted by molar-refractivity contribution is -0.186. The molecule has 3 atom stereocenters. The van der Waals surface area contributed by atoms with Crippen LogP contribution in [0.2, 0.25) is 0 Å². The lowest BCUT2D eigenvalue weighted by Gasteiger charge is -2.62. The van der Waals surface area contributed by atoms with Gasteiger partial charge in [0, 0.05) is 30.5 Å². The number of hydrogen-bond donors (Lipinski definition) is 1. The van der Waals surface area contributed by atoms with Crippen LogP contribution in [-0.2, 0) is 9.53 Å². The highest BCUT2D eigenvalue weighted by atomic mass is 16.5. The maximum absolute atomic E-state index is 13.3. The van der Waals surface area contributed by atoms with Crippen molar-refractivity contribution in [2.24, 2.45) is 17.1 Å². The molecular formula is C17H30N2O2.